The van der Waals surface area contributed by atoms with Crippen molar-refractivity contribution in [2.75, 3.05) is 6.61 Å². The molecule has 122 valence electrons. The molecule has 1 atom stereocenters. The van der Waals surface area contributed by atoms with Gasteiger partial charge in [-0.3, -0.25) is 4.79 Å². The third kappa shape index (κ3) is 5.34. The fourth-order valence-corrected chi connectivity index (χ4v) is 2.87. The van der Waals surface area contributed by atoms with Crippen molar-refractivity contribution in [1.82, 2.24) is 4.72 Å². The molecule has 0 heterocycles. The number of hydrogen-bond donors (Lipinski definition) is 2. The number of amides is 1. The number of benzene rings is 1. The molecule has 0 aromatic heterocycles. The van der Waals surface area contributed by atoms with Gasteiger partial charge in [0.1, 0.15) is 5.75 Å². The zero-order valence-electron chi connectivity index (χ0n) is 11.9. The SMILES string of the molecule is CCOc1ccc(S(=O)(=O)N[C@@H](CCC(N)=O)C(=O)[O-])cc1. The van der Waals surface area contributed by atoms with Gasteiger partial charge in [0.25, 0.3) is 0 Å². The summed E-state index contributed by atoms with van der Waals surface area (Å²) in [5.41, 5.74) is 4.92. The lowest BCUT2D eigenvalue weighted by atomic mass is 10.2. The summed E-state index contributed by atoms with van der Waals surface area (Å²) >= 11 is 0. The van der Waals surface area contributed by atoms with Crippen molar-refractivity contribution in [3.05, 3.63) is 24.3 Å². The molecule has 9 heteroatoms. The molecule has 0 aliphatic heterocycles. The minimum Gasteiger partial charge on any atom is -0.548 e. The molecule has 22 heavy (non-hydrogen) atoms. The molecule has 0 radical (unpaired) electrons. The molecule has 0 bridgehead atoms. The van der Waals surface area contributed by atoms with Gasteiger partial charge in [0, 0.05) is 6.42 Å². The van der Waals surface area contributed by atoms with Crippen molar-refractivity contribution in [1.29, 1.82) is 0 Å². The Balaban J connectivity index is 2.87. The predicted octanol–water partition coefficient (Wildman–Crippen LogP) is -1.25. The van der Waals surface area contributed by atoms with Crippen LogP contribution >= 0.6 is 0 Å². The van der Waals surface area contributed by atoms with Crippen LogP contribution in [0.2, 0.25) is 0 Å². The van der Waals surface area contributed by atoms with Crippen molar-refractivity contribution < 1.29 is 27.9 Å². The van der Waals surface area contributed by atoms with Gasteiger partial charge in [0.15, 0.2) is 0 Å². The molecule has 0 fully saturated rings. The molecular weight excluding hydrogens is 312 g/mol. The fourth-order valence-electron chi connectivity index (χ4n) is 1.65. The highest BCUT2D eigenvalue weighted by molar-refractivity contribution is 7.89. The van der Waals surface area contributed by atoms with Crippen LogP contribution in [-0.4, -0.2) is 32.9 Å². The summed E-state index contributed by atoms with van der Waals surface area (Å²) in [7, 11) is -4.06. The number of carboxylic acid groups (broad SMARTS) is 1. The Kier molecular flexibility index (Phi) is 6.32. The number of primary amides is 1. The zero-order chi connectivity index (χ0) is 16.8. The van der Waals surface area contributed by atoms with Crippen LogP contribution in [0.3, 0.4) is 0 Å². The maximum atomic E-state index is 12.1. The Morgan fingerprint density at radius 2 is 1.91 bits per heavy atom. The molecule has 0 aliphatic carbocycles. The molecule has 1 rings (SSSR count). The summed E-state index contributed by atoms with van der Waals surface area (Å²) in [5.74, 6) is -1.87. The van der Waals surface area contributed by atoms with Crippen LogP contribution in [-0.2, 0) is 19.6 Å². The minimum absolute atomic E-state index is 0.124. The first-order valence-electron chi connectivity index (χ1n) is 6.50. The molecular formula is C13H17N2O6S-. The molecule has 1 amide bonds. The number of carbonyl (C=O) groups excluding carboxylic acids is 2. The lowest BCUT2D eigenvalue weighted by molar-refractivity contribution is -0.308. The number of sulfonamides is 1. The lowest BCUT2D eigenvalue weighted by Gasteiger charge is -2.19. The maximum absolute atomic E-state index is 12.1. The van der Waals surface area contributed by atoms with Crippen LogP contribution in [0.15, 0.2) is 29.2 Å². The van der Waals surface area contributed by atoms with E-state index in [0.717, 1.165) is 0 Å². The average molecular weight is 329 g/mol. The highest BCUT2D eigenvalue weighted by Gasteiger charge is 2.21. The third-order valence-electron chi connectivity index (χ3n) is 2.71. The second-order valence-corrected chi connectivity index (χ2v) is 6.12. The molecule has 3 N–H and O–H groups in total. The zero-order valence-corrected chi connectivity index (χ0v) is 12.8. The van der Waals surface area contributed by atoms with E-state index in [-0.39, 0.29) is 17.7 Å². The quantitative estimate of drug-likeness (QED) is 0.580. The van der Waals surface area contributed by atoms with Crippen molar-refractivity contribution >= 4 is 21.9 Å². The topological polar surface area (TPSA) is 139 Å². The summed E-state index contributed by atoms with van der Waals surface area (Å²) < 4.78 is 31.4. The van der Waals surface area contributed by atoms with Crippen LogP contribution in [0.4, 0.5) is 0 Å². The normalized spacial score (nSPS) is 12.6. The molecule has 8 nitrogen and oxygen atoms in total. The second kappa shape index (κ2) is 7.76. The number of hydrogen-bond acceptors (Lipinski definition) is 6. The molecule has 0 saturated carbocycles. The van der Waals surface area contributed by atoms with E-state index in [0.29, 0.717) is 12.4 Å². The molecule has 0 saturated heterocycles. The lowest BCUT2D eigenvalue weighted by Crippen LogP contribution is -2.48. The van der Waals surface area contributed by atoms with E-state index in [1.807, 2.05) is 4.72 Å². The average Bonchev–Trinajstić information content (AvgIpc) is 2.44. The Morgan fingerprint density at radius 3 is 2.36 bits per heavy atom. The smallest absolute Gasteiger partial charge is 0.241 e. The molecule has 0 spiro atoms. The van der Waals surface area contributed by atoms with E-state index >= 15 is 0 Å². The van der Waals surface area contributed by atoms with E-state index in [9.17, 15) is 23.1 Å². The highest BCUT2D eigenvalue weighted by atomic mass is 32.2. The van der Waals surface area contributed by atoms with Gasteiger partial charge in [-0.15, -0.1) is 0 Å². The summed E-state index contributed by atoms with van der Waals surface area (Å²) in [4.78, 5) is 21.5. The standard InChI is InChI=1S/C13H18N2O6S/c1-2-21-9-3-5-10(6-4-9)22(19,20)15-11(13(17)18)7-8-12(14)16/h3-6,11,15H,2,7-8H2,1H3,(H2,14,16)(H,17,18)/p-1/t11-/m0/s1. The summed E-state index contributed by atoms with van der Waals surface area (Å²) in [5, 5.41) is 11.0. The Hall–Kier alpha value is -2.13. The Bertz CT molecular complexity index is 626. The predicted molar refractivity (Wildman–Crippen MR) is 75.2 cm³/mol. The van der Waals surface area contributed by atoms with Crippen molar-refractivity contribution in [3.63, 3.8) is 0 Å². The number of aliphatic carboxylic acids is 1. The van der Waals surface area contributed by atoms with E-state index in [1.165, 1.54) is 24.3 Å². The van der Waals surface area contributed by atoms with Crippen LogP contribution in [0.25, 0.3) is 0 Å². The minimum atomic E-state index is -4.06. The van der Waals surface area contributed by atoms with Gasteiger partial charge in [-0.2, -0.15) is 0 Å². The van der Waals surface area contributed by atoms with Gasteiger partial charge >= 0.3 is 0 Å². The first-order chi connectivity index (χ1) is 10.3. The van der Waals surface area contributed by atoms with Crippen molar-refractivity contribution in [2.45, 2.75) is 30.7 Å². The van der Waals surface area contributed by atoms with Gasteiger partial charge < -0.3 is 20.4 Å². The second-order valence-electron chi connectivity index (χ2n) is 4.40. The first-order valence-corrected chi connectivity index (χ1v) is 7.99. The van der Waals surface area contributed by atoms with Crippen LogP contribution in [0.5, 0.6) is 5.75 Å². The van der Waals surface area contributed by atoms with Crippen LogP contribution in [0.1, 0.15) is 19.8 Å². The molecule has 1 aromatic rings. The monoisotopic (exact) mass is 329 g/mol. The number of ether oxygens (including phenoxy) is 1. The van der Waals surface area contributed by atoms with E-state index < -0.39 is 27.9 Å². The van der Waals surface area contributed by atoms with Crippen LogP contribution in [0, 0.1) is 0 Å². The van der Waals surface area contributed by atoms with Gasteiger partial charge in [-0.1, -0.05) is 0 Å². The van der Waals surface area contributed by atoms with E-state index in [1.54, 1.807) is 6.92 Å². The van der Waals surface area contributed by atoms with Gasteiger partial charge in [-0.05, 0) is 37.6 Å². The van der Waals surface area contributed by atoms with Crippen LogP contribution < -0.4 is 20.3 Å². The van der Waals surface area contributed by atoms with Gasteiger partial charge in [0.05, 0.1) is 23.5 Å². The molecule has 0 aliphatic rings. The fraction of sp³-hybridized carbons (Fsp3) is 0.385. The molecule has 0 unspecified atom stereocenters. The first kappa shape index (κ1) is 17.9. The summed E-state index contributed by atoms with van der Waals surface area (Å²) in [6.07, 6.45) is -0.557. The summed E-state index contributed by atoms with van der Waals surface area (Å²) in [6.45, 7) is 2.22. The number of carbonyl (C=O) groups is 2. The Labute approximate surface area is 128 Å². The van der Waals surface area contributed by atoms with Gasteiger partial charge in [0.2, 0.25) is 15.9 Å². The van der Waals surface area contributed by atoms with E-state index in [4.69, 9.17) is 10.5 Å². The van der Waals surface area contributed by atoms with E-state index in [2.05, 4.69) is 0 Å². The molecule has 1 aromatic carbocycles. The number of nitrogens with one attached hydrogen (secondary N) is 1. The Morgan fingerprint density at radius 1 is 1.32 bits per heavy atom. The maximum Gasteiger partial charge on any atom is 0.241 e. The number of rotatable bonds is 9. The number of carboxylic acids is 1. The van der Waals surface area contributed by atoms with Gasteiger partial charge in [-0.25, -0.2) is 13.1 Å². The van der Waals surface area contributed by atoms with Crippen molar-refractivity contribution in [2.24, 2.45) is 5.73 Å². The number of nitrogens with two attached hydrogens (primary N) is 1. The van der Waals surface area contributed by atoms with Crippen molar-refractivity contribution in [3.8, 4) is 5.75 Å². The highest BCUT2D eigenvalue weighted by Crippen LogP contribution is 2.16. The third-order valence-corrected chi connectivity index (χ3v) is 4.19. The summed E-state index contributed by atoms with van der Waals surface area (Å²) in [6, 6.07) is 3.94. The largest absolute Gasteiger partial charge is 0.548 e.